The summed E-state index contributed by atoms with van der Waals surface area (Å²) in [5.74, 6) is -50.7. The van der Waals surface area contributed by atoms with Crippen LogP contribution in [0.5, 0.6) is 144 Å². The molecule has 4 aliphatic heterocycles. The Morgan fingerprint density at radius 3 is 1.06 bits per heavy atom. The molecule has 44 nitrogen and oxygen atoms in total. The number of rotatable bonds is 10. The summed E-state index contributed by atoms with van der Waals surface area (Å²) in [5, 5.41) is 271. The van der Waals surface area contributed by atoms with Crippen LogP contribution in [0.4, 0.5) is 0 Å². The number of phenols is 23. The maximum absolute atomic E-state index is 15.0. The zero-order valence-corrected chi connectivity index (χ0v) is 55.0. The molecule has 586 valence electrons. The average Bonchev–Trinajstić information content (AvgIpc) is 1.24. The third-order valence-electron chi connectivity index (χ3n) is 17.4. The SMILES string of the molecule is O=C(OC1OC2COC(=O)c3cc(Oc4c(C(=O)OC5C(O)OC6COC(=O)c7cc(O)c(O)c(O)c7-c7c(cc(O)c(O)c7O)C(=O)OC6C5OC(=O)c5cc(O)c(O)c(O)c5)cc(O)c(O)c4O)c(O)c(O)c3-c3c(cc(O)c(O)c3O)C(=O)OC2C(OC(=O)c2cc(O)c(O)c(O)c2)C1O)c1cc(O)c(O)c(O)c1. The van der Waals surface area contributed by atoms with Crippen LogP contribution in [0.2, 0.25) is 0 Å². The van der Waals surface area contributed by atoms with E-state index < -0.39 is 333 Å². The van der Waals surface area contributed by atoms with Crippen LogP contribution >= 0.6 is 0 Å². The topological polar surface area (TPSA) is 744 Å². The molecule has 2 fully saturated rings. The molecule has 0 aliphatic carbocycles. The normalized spacial score (nSPS) is 20.7. The number of cyclic esters (lactones) is 2. The van der Waals surface area contributed by atoms with Gasteiger partial charge in [0.2, 0.25) is 40.8 Å². The van der Waals surface area contributed by atoms with Crippen LogP contribution in [0.25, 0.3) is 22.3 Å². The molecule has 2 saturated heterocycles. The first kappa shape index (κ1) is 76.2. The number of hydrogen-bond donors (Lipinski definition) is 25. The molecular weight excluding hydrogens is 1520 g/mol. The third kappa shape index (κ3) is 13.2. The van der Waals surface area contributed by atoms with Crippen molar-refractivity contribution in [3.63, 3.8) is 0 Å². The van der Waals surface area contributed by atoms with Gasteiger partial charge in [-0.25, -0.2) is 38.4 Å². The number of fused-ring (bicyclic) bond motifs is 8. The van der Waals surface area contributed by atoms with Crippen LogP contribution in [0.15, 0.2) is 66.7 Å². The Bertz CT molecular complexity index is 5320. The largest absolute Gasteiger partial charge is 0.504 e. The van der Waals surface area contributed by atoms with Gasteiger partial charge in [0.05, 0.1) is 38.9 Å². The number of carbonyl (C=O) groups excluding carboxylic acids is 8. The molecule has 4 aliphatic rings. The molecule has 0 bridgehead atoms. The second kappa shape index (κ2) is 28.4. The van der Waals surface area contributed by atoms with Crippen LogP contribution in [0, 0.1) is 0 Å². The molecule has 112 heavy (non-hydrogen) atoms. The summed E-state index contributed by atoms with van der Waals surface area (Å²) >= 11 is 0. The van der Waals surface area contributed by atoms with Gasteiger partial charge >= 0.3 is 47.8 Å². The third-order valence-corrected chi connectivity index (χ3v) is 17.4. The average molecular weight is 1570 g/mol. The van der Waals surface area contributed by atoms with E-state index in [2.05, 4.69) is 0 Å². The lowest BCUT2D eigenvalue weighted by molar-refractivity contribution is -0.284. The van der Waals surface area contributed by atoms with Gasteiger partial charge < -0.3 is 180 Å². The van der Waals surface area contributed by atoms with Crippen molar-refractivity contribution < 1.29 is 218 Å². The molecule has 0 amide bonds. The number of aromatic hydroxyl groups is 23. The Hall–Kier alpha value is -15.4. The minimum atomic E-state index is -2.88. The van der Waals surface area contributed by atoms with E-state index >= 15 is 0 Å². The molecule has 4 heterocycles. The van der Waals surface area contributed by atoms with Crippen molar-refractivity contribution in [2.45, 2.75) is 61.4 Å². The number of ether oxygens (including phenoxy) is 11. The van der Waals surface area contributed by atoms with E-state index in [1.165, 1.54) is 0 Å². The molecule has 44 heteroatoms. The maximum atomic E-state index is 15.0. The first-order chi connectivity index (χ1) is 52.7. The van der Waals surface area contributed by atoms with Crippen LogP contribution in [0.1, 0.15) is 82.9 Å². The number of aliphatic hydroxyl groups is 2. The Kier molecular flexibility index (Phi) is 19.3. The van der Waals surface area contributed by atoms with Crippen molar-refractivity contribution in [1.29, 1.82) is 0 Å². The Labute approximate surface area is 616 Å². The first-order valence-electron chi connectivity index (χ1n) is 31.1. The van der Waals surface area contributed by atoms with E-state index in [1.807, 2.05) is 0 Å². The summed E-state index contributed by atoms with van der Waals surface area (Å²) in [4.78, 5) is 115. The van der Waals surface area contributed by atoms with E-state index in [-0.39, 0.29) is 18.2 Å². The molecule has 8 aromatic carbocycles. The smallest absolute Gasteiger partial charge is 0.342 e. The Balaban J connectivity index is 0.946. The van der Waals surface area contributed by atoms with Gasteiger partial charge in [0.15, 0.2) is 152 Å². The van der Waals surface area contributed by atoms with Gasteiger partial charge in [-0.3, -0.25) is 0 Å². The van der Waals surface area contributed by atoms with Crippen molar-refractivity contribution in [3.05, 3.63) is 111 Å². The zero-order chi connectivity index (χ0) is 81.7. The fourth-order valence-corrected chi connectivity index (χ4v) is 11.9. The summed E-state index contributed by atoms with van der Waals surface area (Å²) in [7, 11) is 0. The molecule has 8 aromatic rings. The van der Waals surface area contributed by atoms with Gasteiger partial charge in [-0.1, -0.05) is 0 Å². The molecule has 10 atom stereocenters. The maximum Gasteiger partial charge on any atom is 0.342 e. The zero-order valence-electron chi connectivity index (χ0n) is 55.0. The minimum absolute atomic E-state index is 0.156. The molecule has 0 saturated carbocycles. The highest BCUT2D eigenvalue weighted by Crippen LogP contribution is 2.58. The monoisotopic (exact) mass is 1570 g/mol. The lowest BCUT2D eigenvalue weighted by Gasteiger charge is -2.42. The molecular formula is C68H50O44. The second-order valence-electron chi connectivity index (χ2n) is 24.3. The minimum Gasteiger partial charge on any atom is -0.504 e. The molecule has 0 aromatic heterocycles. The lowest BCUT2D eigenvalue weighted by atomic mass is 9.91. The van der Waals surface area contributed by atoms with E-state index in [1.54, 1.807) is 0 Å². The molecule has 12 rings (SSSR count). The highest BCUT2D eigenvalue weighted by molar-refractivity contribution is 6.10. The van der Waals surface area contributed by atoms with Gasteiger partial charge in [0.1, 0.15) is 31.0 Å². The molecule has 25 N–H and O–H groups in total. The van der Waals surface area contributed by atoms with Crippen LogP contribution in [-0.2, 0) is 47.4 Å². The quantitative estimate of drug-likeness (QED) is 0.0527. The fourth-order valence-electron chi connectivity index (χ4n) is 11.9. The van der Waals surface area contributed by atoms with Gasteiger partial charge in [-0.15, -0.1) is 0 Å². The van der Waals surface area contributed by atoms with Crippen molar-refractivity contribution >= 4 is 47.8 Å². The van der Waals surface area contributed by atoms with Crippen molar-refractivity contribution in [1.82, 2.24) is 0 Å². The number of phenolic OH excluding ortho intramolecular Hbond substituents is 23. The summed E-state index contributed by atoms with van der Waals surface area (Å²) < 4.78 is 61.0. The summed E-state index contributed by atoms with van der Waals surface area (Å²) in [5.41, 5.74) is -14.2. The second-order valence-corrected chi connectivity index (χ2v) is 24.3. The fraction of sp³-hybridized carbons (Fsp3) is 0.176. The predicted octanol–water partition coefficient (Wildman–Crippen LogP) is 1.77. The predicted molar refractivity (Wildman–Crippen MR) is 345 cm³/mol. The number of carbonyl (C=O) groups is 8. The van der Waals surface area contributed by atoms with Crippen molar-refractivity contribution in [2.75, 3.05) is 13.2 Å². The first-order valence-corrected chi connectivity index (χ1v) is 31.1. The highest BCUT2D eigenvalue weighted by Gasteiger charge is 2.56. The van der Waals surface area contributed by atoms with Crippen LogP contribution < -0.4 is 4.74 Å². The van der Waals surface area contributed by atoms with Crippen LogP contribution in [-0.4, -0.2) is 250 Å². The van der Waals surface area contributed by atoms with E-state index in [9.17, 15) is 166 Å². The van der Waals surface area contributed by atoms with Crippen molar-refractivity contribution in [3.8, 4) is 166 Å². The molecule has 0 radical (unpaired) electrons. The number of esters is 8. The number of benzene rings is 8. The number of hydrogen-bond acceptors (Lipinski definition) is 44. The standard InChI is InChI=1S/C68H50O44/c69-22-1-14(2-23(70)39(22)79)59(93)109-56-52(92)68(112-61(95)16-5-26(73)41(81)27(74)6-16)106-34-13-103-63(97)20-11-32(46(86)50(90)38(20)37-19(64(98)107-54(34)56)9-30(77)44(84)49(37)89)104-53-21(10-31(78)45(85)51(53)91)66(100)111-58-57(110-60(94)15-3-24(71)40(80)25(72)4-15)55-33(105-67(58)101)12-102-62(96)17-7-28(75)42(82)47(87)35(17)36-18(65(99)108-55)8-29(76)43(83)48(36)88/h1-11,33-34,52,54-58,67-92,101H,12-13H2. The van der Waals surface area contributed by atoms with Crippen molar-refractivity contribution in [2.24, 2.45) is 0 Å². The summed E-state index contributed by atoms with van der Waals surface area (Å²) in [6.07, 6.45) is -26.1. The Morgan fingerprint density at radius 2 is 0.643 bits per heavy atom. The molecule has 10 unspecified atom stereocenters. The highest BCUT2D eigenvalue weighted by atomic mass is 16.7. The Morgan fingerprint density at radius 1 is 0.321 bits per heavy atom. The number of aliphatic hydroxyl groups excluding tert-OH is 2. The summed E-state index contributed by atoms with van der Waals surface area (Å²) in [6.45, 7) is -2.85. The van der Waals surface area contributed by atoms with E-state index in [0.717, 1.165) is 0 Å². The van der Waals surface area contributed by atoms with Gasteiger partial charge in [0.25, 0.3) is 0 Å². The summed E-state index contributed by atoms with van der Waals surface area (Å²) in [6, 6.07) is 4.27. The molecule has 0 spiro atoms. The van der Waals surface area contributed by atoms with E-state index in [4.69, 9.17) is 52.1 Å². The van der Waals surface area contributed by atoms with Gasteiger partial charge in [-0.05, 0) is 54.6 Å². The lowest BCUT2D eigenvalue weighted by Crippen LogP contribution is -2.62. The van der Waals surface area contributed by atoms with Gasteiger partial charge in [0, 0.05) is 34.4 Å². The van der Waals surface area contributed by atoms with E-state index in [0.29, 0.717) is 48.5 Å². The van der Waals surface area contributed by atoms with Gasteiger partial charge in [-0.2, -0.15) is 0 Å². The van der Waals surface area contributed by atoms with Crippen LogP contribution in [0.3, 0.4) is 0 Å².